The van der Waals surface area contributed by atoms with Crippen molar-refractivity contribution in [2.45, 2.75) is 18.5 Å². The molecule has 0 saturated carbocycles. The van der Waals surface area contributed by atoms with E-state index in [-0.39, 0.29) is 11.1 Å². The number of aromatic nitrogens is 1. The monoisotopic (exact) mass is 355 g/mol. The smallest absolute Gasteiger partial charge is 0.167 e. The third-order valence-electron chi connectivity index (χ3n) is 3.83. The maximum atomic E-state index is 13.8. The average Bonchev–Trinajstić information content (AvgIpc) is 2.79. The summed E-state index contributed by atoms with van der Waals surface area (Å²) < 4.78 is 13.8. The van der Waals surface area contributed by atoms with E-state index in [2.05, 4.69) is 15.6 Å². The van der Waals surface area contributed by atoms with Crippen molar-refractivity contribution in [1.82, 2.24) is 15.6 Å². The zero-order chi connectivity index (χ0) is 15.9. The van der Waals surface area contributed by atoms with Crippen LogP contribution in [0.3, 0.4) is 0 Å². The molecule has 7 heteroatoms. The van der Waals surface area contributed by atoms with Crippen LogP contribution in [0.15, 0.2) is 36.5 Å². The Balaban J connectivity index is 2.06. The first-order valence-corrected chi connectivity index (χ1v) is 7.72. The van der Waals surface area contributed by atoms with Crippen molar-refractivity contribution in [3.8, 4) is 0 Å². The number of benzene rings is 1. The Morgan fingerprint density at radius 3 is 2.68 bits per heavy atom. The number of thiocarbonyl (C=S) groups is 1. The van der Waals surface area contributed by atoms with Gasteiger partial charge in [-0.2, -0.15) is 0 Å². The van der Waals surface area contributed by atoms with Crippen LogP contribution in [0, 0.1) is 5.82 Å². The van der Waals surface area contributed by atoms with Crippen molar-refractivity contribution in [3.05, 3.63) is 63.6 Å². The predicted octanol–water partition coefficient (Wildman–Crippen LogP) is 3.96. The molecule has 1 aliphatic rings. The number of nitrogens with one attached hydrogen (secondary N) is 2. The lowest BCUT2D eigenvalue weighted by Gasteiger charge is -2.31. The van der Waals surface area contributed by atoms with Crippen molar-refractivity contribution in [3.63, 3.8) is 0 Å². The molecule has 0 bridgehead atoms. The number of hydrogen-bond donors (Lipinski definition) is 2. The molecule has 0 unspecified atom stereocenters. The fourth-order valence-corrected chi connectivity index (χ4v) is 3.21. The lowest BCUT2D eigenvalue weighted by molar-refractivity contribution is 0.376. The van der Waals surface area contributed by atoms with Gasteiger partial charge in [0.15, 0.2) is 5.11 Å². The molecular weight excluding hydrogens is 344 g/mol. The topological polar surface area (TPSA) is 37.0 Å². The Kier molecular flexibility index (Phi) is 3.97. The molecule has 2 aromatic rings. The molecule has 2 N–H and O–H groups in total. The van der Waals surface area contributed by atoms with Crippen LogP contribution in [-0.4, -0.2) is 10.1 Å². The maximum Gasteiger partial charge on any atom is 0.167 e. The summed E-state index contributed by atoms with van der Waals surface area (Å²) in [5.74, 6) is -0.463. The molecule has 0 radical (unpaired) electrons. The average molecular weight is 356 g/mol. The summed E-state index contributed by atoms with van der Waals surface area (Å²) >= 11 is 16.8. The van der Waals surface area contributed by atoms with Crippen LogP contribution in [-0.2, 0) is 5.54 Å². The molecule has 3 rings (SSSR count). The summed E-state index contributed by atoms with van der Waals surface area (Å²) in [6, 6.07) is 8.06. The molecule has 2 atom stereocenters. The van der Waals surface area contributed by atoms with Crippen LogP contribution in [0.2, 0.25) is 10.2 Å². The highest BCUT2D eigenvalue weighted by molar-refractivity contribution is 7.80. The van der Waals surface area contributed by atoms with Crippen LogP contribution in [0.1, 0.15) is 24.1 Å². The second kappa shape index (κ2) is 5.65. The van der Waals surface area contributed by atoms with E-state index in [1.54, 1.807) is 18.3 Å². The summed E-state index contributed by atoms with van der Waals surface area (Å²) in [5, 5.41) is 7.40. The van der Waals surface area contributed by atoms with E-state index >= 15 is 0 Å². The Bertz CT molecular complexity index is 738. The highest BCUT2D eigenvalue weighted by Gasteiger charge is 2.43. The Labute approximate surface area is 142 Å². The Morgan fingerprint density at radius 2 is 2.05 bits per heavy atom. The highest BCUT2D eigenvalue weighted by Crippen LogP contribution is 2.39. The molecule has 1 aromatic carbocycles. The first kappa shape index (κ1) is 15.5. The summed E-state index contributed by atoms with van der Waals surface area (Å²) in [6.45, 7) is 1.97. The van der Waals surface area contributed by atoms with Crippen LogP contribution in [0.4, 0.5) is 4.39 Å². The molecule has 1 saturated heterocycles. The van der Waals surface area contributed by atoms with Crippen molar-refractivity contribution in [2.75, 3.05) is 0 Å². The molecule has 0 aliphatic carbocycles. The molecule has 1 aromatic heterocycles. The van der Waals surface area contributed by atoms with Crippen molar-refractivity contribution >= 4 is 40.5 Å². The summed E-state index contributed by atoms with van der Waals surface area (Å²) in [4.78, 5) is 4.11. The van der Waals surface area contributed by atoms with Gasteiger partial charge in [-0.3, -0.25) is 0 Å². The number of pyridine rings is 1. The van der Waals surface area contributed by atoms with Gasteiger partial charge in [0, 0.05) is 6.20 Å². The number of hydrogen-bond acceptors (Lipinski definition) is 2. The van der Waals surface area contributed by atoms with Gasteiger partial charge in [-0.05, 0) is 48.5 Å². The van der Waals surface area contributed by atoms with Gasteiger partial charge in [-0.1, -0.05) is 35.3 Å². The minimum absolute atomic E-state index is 0.0899. The van der Waals surface area contributed by atoms with E-state index in [1.807, 2.05) is 13.0 Å². The SMILES string of the molecule is C[C@@]1(c2ccc(Cl)nc2)NC(=S)N[C@@H]1c1ccc(Cl)c(F)c1. The molecular formula is C15H12Cl2FN3S. The van der Waals surface area contributed by atoms with E-state index in [0.717, 1.165) is 11.1 Å². The molecule has 1 aliphatic heterocycles. The number of rotatable bonds is 2. The molecule has 3 nitrogen and oxygen atoms in total. The van der Waals surface area contributed by atoms with Crippen LogP contribution < -0.4 is 10.6 Å². The van der Waals surface area contributed by atoms with Gasteiger partial charge in [-0.25, -0.2) is 9.37 Å². The lowest BCUT2D eigenvalue weighted by atomic mass is 9.83. The van der Waals surface area contributed by atoms with Crippen LogP contribution in [0.25, 0.3) is 0 Å². The van der Waals surface area contributed by atoms with E-state index in [4.69, 9.17) is 35.4 Å². The van der Waals surface area contributed by atoms with Gasteiger partial charge in [0.1, 0.15) is 11.0 Å². The standard InChI is InChI=1S/C15H12Cl2FN3S/c1-15(9-3-5-12(17)19-7-9)13(20-14(22)21-15)8-2-4-10(16)11(18)6-8/h2-7,13H,1H3,(H2,20,21,22)/t13-,15+/m1/s1. The minimum atomic E-state index is -0.574. The summed E-state index contributed by atoms with van der Waals surface area (Å²) in [5.41, 5.74) is 1.06. The zero-order valence-corrected chi connectivity index (χ0v) is 13.9. The third-order valence-corrected chi connectivity index (χ3v) is 4.58. The van der Waals surface area contributed by atoms with Crippen molar-refractivity contribution in [2.24, 2.45) is 0 Å². The lowest BCUT2D eigenvalue weighted by Crippen LogP contribution is -2.39. The zero-order valence-electron chi connectivity index (χ0n) is 11.5. The maximum absolute atomic E-state index is 13.8. The number of halogens is 3. The second-order valence-corrected chi connectivity index (χ2v) is 6.48. The van der Waals surface area contributed by atoms with Crippen LogP contribution >= 0.6 is 35.4 Å². The van der Waals surface area contributed by atoms with Gasteiger partial charge < -0.3 is 10.6 Å². The molecule has 1 fully saturated rings. The molecule has 114 valence electrons. The molecule has 2 heterocycles. The normalized spacial score (nSPS) is 24.0. The quantitative estimate of drug-likeness (QED) is 0.631. The summed E-state index contributed by atoms with van der Waals surface area (Å²) in [6.07, 6.45) is 1.68. The molecule has 22 heavy (non-hydrogen) atoms. The van der Waals surface area contributed by atoms with Crippen LogP contribution in [0.5, 0.6) is 0 Å². The number of nitrogens with zero attached hydrogens (tertiary/aromatic N) is 1. The second-order valence-electron chi connectivity index (χ2n) is 5.28. The fourth-order valence-electron chi connectivity index (χ4n) is 2.65. The Hall–Kier alpha value is -1.43. The Morgan fingerprint density at radius 1 is 1.27 bits per heavy atom. The van der Waals surface area contributed by atoms with Crippen molar-refractivity contribution in [1.29, 1.82) is 0 Å². The first-order valence-electron chi connectivity index (χ1n) is 6.56. The molecule has 0 spiro atoms. The highest BCUT2D eigenvalue weighted by atomic mass is 35.5. The van der Waals surface area contributed by atoms with Gasteiger partial charge >= 0.3 is 0 Å². The predicted molar refractivity (Wildman–Crippen MR) is 89.6 cm³/mol. The fraction of sp³-hybridized carbons (Fsp3) is 0.200. The van der Waals surface area contributed by atoms with Gasteiger partial charge in [0.05, 0.1) is 16.6 Å². The third kappa shape index (κ3) is 2.64. The van der Waals surface area contributed by atoms with Gasteiger partial charge in [0.2, 0.25) is 0 Å². The minimum Gasteiger partial charge on any atom is -0.353 e. The largest absolute Gasteiger partial charge is 0.353 e. The molecule has 0 amide bonds. The van der Waals surface area contributed by atoms with E-state index in [1.165, 1.54) is 12.1 Å². The van der Waals surface area contributed by atoms with Gasteiger partial charge in [-0.15, -0.1) is 0 Å². The van der Waals surface area contributed by atoms with Crippen molar-refractivity contribution < 1.29 is 4.39 Å². The van der Waals surface area contributed by atoms with E-state index in [9.17, 15) is 4.39 Å². The first-order chi connectivity index (χ1) is 10.4. The van der Waals surface area contributed by atoms with E-state index in [0.29, 0.717) is 10.3 Å². The summed E-state index contributed by atoms with van der Waals surface area (Å²) in [7, 11) is 0. The van der Waals surface area contributed by atoms with Gasteiger partial charge in [0.25, 0.3) is 0 Å². The van der Waals surface area contributed by atoms with E-state index < -0.39 is 11.4 Å².